The molecule has 1 aliphatic rings. The summed E-state index contributed by atoms with van der Waals surface area (Å²) in [5, 5.41) is 14.0. The third kappa shape index (κ3) is 2.81. The van der Waals surface area contributed by atoms with Crippen LogP contribution in [0, 0.1) is 5.92 Å². The summed E-state index contributed by atoms with van der Waals surface area (Å²) in [5.74, 6) is 0.318. The third-order valence-electron chi connectivity index (χ3n) is 3.18. The van der Waals surface area contributed by atoms with E-state index in [9.17, 15) is 4.79 Å². The lowest BCUT2D eigenvalue weighted by Crippen LogP contribution is -2.26. The standard InChI is InChI=1S/C12H19N5O/c1-3-9-10(4-2)16-17-12(14-9)15-11(18)8-5-6-13-7-8/h8,13H,3-7H2,1-2H3,(H,14,15,17,18). The van der Waals surface area contributed by atoms with Gasteiger partial charge in [0, 0.05) is 6.54 Å². The van der Waals surface area contributed by atoms with Crippen molar-refractivity contribution in [2.45, 2.75) is 33.1 Å². The number of rotatable bonds is 4. The molecular weight excluding hydrogens is 230 g/mol. The zero-order valence-corrected chi connectivity index (χ0v) is 10.9. The fourth-order valence-electron chi connectivity index (χ4n) is 2.08. The van der Waals surface area contributed by atoms with Gasteiger partial charge >= 0.3 is 0 Å². The lowest BCUT2D eigenvalue weighted by atomic mass is 10.1. The van der Waals surface area contributed by atoms with Gasteiger partial charge in [-0.15, -0.1) is 10.2 Å². The molecule has 98 valence electrons. The van der Waals surface area contributed by atoms with Crippen LogP contribution in [-0.2, 0) is 17.6 Å². The van der Waals surface area contributed by atoms with E-state index in [1.165, 1.54) is 0 Å². The van der Waals surface area contributed by atoms with Crippen LogP contribution in [0.2, 0.25) is 0 Å². The summed E-state index contributed by atoms with van der Waals surface area (Å²) in [6.45, 7) is 5.67. The molecule has 0 spiro atoms. The van der Waals surface area contributed by atoms with Crippen molar-refractivity contribution in [3.05, 3.63) is 11.4 Å². The molecule has 0 radical (unpaired) electrons. The largest absolute Gasteiger partial charge is 0.316 e. The number of hydrogen-bond donors (Lipinski definition) is 2. The number of aromatic nitrogens is 3. The summed E-state index contributed by atoms with van der Waals surface area (Å²) in [7, 11) is 0. The first kappa shape index (κ1) is 12.9. The highest BCUT2D eigenvalue weighted by atomic mass is 16.2. The molecule has 0 aliphatic carbocycles. The Bertz CT molecular complexity index is 428. The van der Waals surface area contributed by atoms with Crippen molar-refractivity contribution >= 4 is 11.9 Å². The first-order valence-corrected chi connectivity index (χ1v) is 6.48. The Labute approximate surface area is 107 Å². The molecule has 1 atom stereocenters. The molecule has 1 unspecified atom stereocenters. The second-order valence-corrected chi connectivity index (χ2v) is 4.41. The quantitative estimate of drug-likeness (QED) is 0.814. The first-order chi connectivity index (χ1) is 8.74. The van der Waals surface area contributed by atoms with Gasteiger partial charge in [-0.3, -0.25) is 10.1 Å². The molecule has 2 heterocycles. The van der Waals surface area contributed by atoms with Crippen LogP contribution < -0.4 is 10.6 Å². The summed E-state index contributed by atoms with van der Waals surface area (Å²) in [5.41, 5.74) is 1.81. The van der Waals surface area contributed by atoms with E-state index in [1.54, 1.807) is 0 Å². The van der Waals surface area contributed by atoms with Gasteiger partial charge in [0.15, 0.2) is 0 Å². The zero-order chi connectivity index (χ0) is 13.0. The average Bonchev–Trinajstić information content (AvgIpc) is 2.92. The maximum Gasteiger partial charge on any atom is 0.249 e. The highest BCUT2D eigenvalue weighted by molar-refractivity contribution is 5.91. The van der Waals surface area contributed by atoms with E-state index in [-0.39, 0.29) is 11.8 Å². The highest BCUT2D eigenvalue weighted by Gasteiger charge is 2.23. The Morgan fingerprint density at radius 1 is 1.33 bits per heavy atom. The van der Waals surface area contributed by atoms with Gasteiger partial charge in [-0.05, 0) is 25.8 Å². The molecule has 2 N–H and O–H groups in total. The predicted octanol–water partition coefficient (Wildman–Crippen LogP) is 0.544. The first-order valence-electron chi connectivity index (χ1n) is 6.48. The van der Waals surface area contributed by atoms with Crippen LogP contribution in [0.15, 0.2) is 0 Å². The smallest absolute Gasteiger partial charge is 0.249 e. The van der Waals surface area contributed by atoms with Crippen LogP contribution in [0.1, 0.15) is 31.7 Å². The van der Waals surface area contributed by atoms with Crippen molar-refractivity contribution in [2.75, 3.05) is 18.4 Å². The topological polar surface area (TPSA) is 79.8 Å². The number of hydrogen-bond acceptors (Lipinski definition) is 5. The Kier molecular flexibility index (Phi) is 4.19. The number of aryl methyl sites for hydroxylation is 2. The van der Waals surface area contributed by atoms with E-state index in [1.807, 2.05) is 13.8 Å². The van der Waals surface area contributed by atoms with Gasteiger partial charge in [-0.25, -0.2) is 4.98 Å². The number of anilines is 1. The zero-order valence-electron chi connectivity index (χ0n) is 10.9. The van der Waals surface area contributed by atoms with Crippen LogP contribution in [-0.4, -0.2) is 34.2 Å². The van der Waals surface area contributed by atoms with E-state index >= 15 is 0 Å². The lowest BCUT2D eigenvalue weighted by Gasteiger charge is -2.09. The summed E-state index contributed by atoms with van der Waals surface area (Å²) in [6.07, 6.45) is 2.48. The Hall–Kier alpha value is -1.56. The SMILES string of the molecule is CCc1nnc(NC(=O)C2CCNC2)nc1CC. The van der Waals surface area contributed by atoms with Gasteiger partial charge in [0.25, 0.3) is 0 Å². The minimum atomic E-state index is -0.0203. The van der Waals surface area contributed by atoms with Crippen LogP contribution in [0.25, 0.3) is 0 Å². The molecule has 2 rings (SSSR count). The van der Waals surface area contributed by atoms with Crippen LogP contribution in [0.3, 0.4) is 0 Å². The van der Waals surface area contributed by atoms with E-state index in [0.717, 1.165) is 43.7 Å². The Morgan fingerprint density at radius 3 is 2.72 bits per heavy atom. The van der Waals surface area contributed by atoms with Gasteiger partial charge < -0.3 is 5.32 Å². The van der Waals surface area contributed by atoms with E-state index in [0.29, 0.717) is 5.95 Å². The van der Waals surface area contributed by atoms with Crippen molar-refractivity contribution in [3.63, 3.8) is 0 Å². The maximum absolute atomic E-state index is 11.9. The van der Waals surface area contributed by atoms with Crippen molar-refractivity contribution in [2.24, 2.45) is 5.92 Å². The van der Waals surface area contributed by atoms with E-state index in [2.05, 4.69) is 25.8 Å². The fourth-order valence-corrected chi connectivity index (χ4v) is 2.08. The number of amides is 1. The van der Waals surface area contributed by atoms with Crippen molar-refractivity contribution in [3.8, 4) is 0 Å². The molecule has 6 nitrogen and oxygen atoms in total. The third-order valence-corrected chi connectivity index (χ3v) is 3.18. The minimum absolute atomic E-state index is 0.0181. The molecule has 0 saturated carbocycles. The molecule has 1 aliphatic heterocycles. The van der Waals surface area contributed by atoms with Gasteiger partial charge in [0.1, 0.15) is 0 Å². The van der Waals surface area contributed by atoms with Gasteiger partial charge in [-0.2, -0.15) is 0 Å². The van der Waals surface area contributed by atoms with Gasteiger partial charge in [0.05, 0.1) is 17.3 Å². The molecule has 1 aromatic heterocycles. The Morgan fingerprint density at radius 2 is 2.11 bits per heavy atom. The van der Waals surface area contributed by atoms with Gasteiger partial charge in [-0.1, -0.05) is 13.8 Å². The average molecular weight is 249 g/mol. The summed E-state index contributed by atoms with van der Waals surface area (Å²) < 4.78 is 0. The number of carbonyl (C=O) groups is 1. The lowest BCUT2D eigenvalue weighted by molar-refractivity contribution is -0.119. The molecule has 0 aromatic carbocycles. The second kappa shape index (κ2) is 5.86. The van der Waals surface area contributed by atoms with Crippen LogP contribution in [0.5, 0.6) is 0 Å². The van der Waals surface area contributed by atoms with Gasteiger partial charge in [0.2, 0.25) is 11.9 Å². The van der Waals surface area contributed by atoms with Crippen molar-refractivity contribution < 1.29 is 4.79 Å². The number of carbonyl (C=O) groups excluding carboxylic acids is 1. The normalized spacial score (nSPS) is 18.9. The minimum Gasteiger partial charge on any atom is -0.316 e. The molecule has 1 saturated heterocycles. The molecule has 1 aromatic rings. The highest BCUT2D eigenvalue weighted by Crippen LogP contribution is 2.11. The van der Waals surface area contributed by atoms with E-state index in [4.69, 9.17) is 0 Å². The molecule has 1 amide bonds. The van der Waals surface area contributed by atoms with E-state index < -0.39 is 0 Å². The summed E-state index contributed by atoms with van der Waals surface area (Å²) in [4.78, 5) is 16.3. The molecular formula is C12H19N5O. The van der Waals surface area contributed by atoms with Crippen LogP contribution >= 0.6 is 0 Å². The molecule has 6 heteroatoms. The molecule has 18 heavy (non-hydrogen) atoms. The number of nitrogens with zero attached hydrogens (tertiary/aromatic N) is 3. The molecule has 1 fully saturated rings. The number of nitrogens with one attached hydrogen (secondary N) is 2. The predicted molar refractivity (Wildman–Crippen MR) is 68.2 cm³/mol. The fraction of sp³-hybridized carbons (Fsp3) is 0.667. The molecule has 0 bridgehead atoms. The van der Waals surface area contributed by atoms with Crippen LogP contribution in [0.4, 0.5) is 5.95 Å². The second-order valence-electron chi connectivity index (χ2n) is 4.41. The Balaban J connectivity index is 2.06. The van der Waals surface area contributed by atoms with Crippen molar-refractivity contribution in [1.82, 2.24) is 20.5 Å². The monoisotopic (exact) mass is 249 g/mol. The summed E-state index contributed by atoms with van der Waals surface area (Å²) >= 11 is 0. The van der Waals surface area contributed by atoms with Crippen molar-refractivity contribution in [1.29, 1.82) is 0 Å². The maximum atomic E-state index is 11.9. The summed E-state index contributed by atoms with van der Waals surface area (Å²) in [6, 6.07) is 0.